The summed E-state index contributed by atoms with van der Waals surface area (Å²) in [5.74, 6) is 0.583. The molecule has 0 spiro atoms. The lowest BCUT2D eigenvalue weighted by atomic mass is 9.96. The molecule has 0 aromatic heterocycles. The van der Waals surface area contributed by atoms with Crippen LogP contribution >= 0.6 is 0 Å². The highest BCUT2D eigenvalue weighted by molar-refractivity contribution is 7.88. The number of hydrogen-bond acceptors (Lipinski definition) is 3. The van der Waals surface area contributed by atoms with Crippen LogP contribution in [0.2, 0.25) is 0 Å². The first kappa shape index (κ1) is 13.9. The van der Waals surface area contributed by atoms with Crippen LogP contribution < -0.4 is 5.32 Å². The van der Waals surface area contributed by atoms with Crippen LogP contribution in [-0.2, 0) is 10.0 Å². The molecule has 1 rings (SSSR count). The Kier molecular flexibility index (Phi) is 4.03. The Morgan fingerprint density at radius 2 is 2.00 bits per heavy atom. The molecule has 1 heterocycles. The Labute approximate surface area is 99.5 Å². The summed E-state index contributed by atoms with van der Waals surface area (Å²) in [6, 6.07) is 0.280. The van der Waals surface area contributed by atoms with E-state index in [2.05, 4.69) is 19.2 Å². The Morgan fingerprint density at radius 1 is 1.44 bits per heavy atom. The zero-order valence-electron chi connectivity index (χ0n) is 10.9. The van der Waals surface area contributed by atoms with E-state index in [9.17, 15) is 8.42 Å². The first-order valence-electron chi connectivity index (χ1n) is 5.84. The molecule has 0 saturated carbocycles. The van der Waals surface area contributed by atoms with Crippen molar-refractivity contribution in [2.45, 2.75) is 45.7 Å². The van der Waals surface area contributed by atoms with Crippen LogP contribution in [0.5, 0.6) is 0 Å². The highest BCUT2D eigenvalue weighted by atomic mass is 32.2. The van der Waals surface area contributed by atoms with Gasteiger partial charge in [-0.25, -0.2) is 8.42 Å². The van der Waals surface area contributed by atoms with E-state index in [1.807, 2.05) is 13.8 Å². The fourth-order valence-corrected chi connectivity index (χ4v) is 3.72. The van der Waals surface area contributed by atoms with Crippen LogP contribution in [-0.4, -0.2) is 43.6 Å². The van der Waals surface area contributed by atoms with Crippen molar-refractivity contribution in [3.8, 4) is 0 Å². The Morgan fingerprint density at radius 3 is 2.44 bits per heavy atom. The van der Waals surface area contributed by atoms with Crippen molar-refractivity contribution in [1.82, 2.24) is 9.62 Å². The molecule has 1 aliphatic rings. The van der Waals surface area contributed by atoms with Gasteiger partial charge in [0.1, 0.15) is 0 Å². The molecule has 96 valence electrons. The van der Waals surface area contributed by atoms with Crippen LogP contribution in [0.4, 0.5) is 0 Å². The van der Waals surface area contributed by atoms with Crippen LogP contribution in [0.15, 0.2) is 0 Å². The lowest BCUT2D eigenvalue weighted by Gasteiger charge is -2.44. The van der Waals surface area contributed by atoms with Gasteiger partial charge in [-0.3, -0.25) is 0 Å². The predicted octanol–water partition coefficient (Wildman–Crippen LogP) is 1.04. The van der Waals surface area contributed by atoms with Crippen molar-refractivity contribution in [2.24, 2.45) is 5.92 Å². The molecular weight excluding hydrogens is 224 g/mol. The molecule has 1 unspecified atom stereocenters. The van der Waals surface area contributed by atoms with Gasteiger partial charge in [-0.05, 0) is 26.2 Å². The minimum Gasteiger partial charge on any atom is -0.311 e. The van der Waals surface area contributed by atoms with Crippen molar-refractivity contribution in [1.29, 1.82) is 0 Å². The maximum Gasteiger partial charge on any atom is 0.211 e. The number of hydrogen-bond donors (Lipinski definition) is 1. The van der Waals surface area contributed by atoms with Gasteiger partial charge in [-0.2, -0.15) is 4.31 Å². The van der Waals surface area contributed by atoms with Gasteiger partial charge in [0, 0.05) is 24.7 Å². The Bertz CT molecular complexity index is 336. The first-order valence-corrected chi connectivity index (χ1v) is 7.69. The lowest BCUT2D eigenvalue weighted by molar-refractivity contribution is 0.144. The minimum absolute atomic E-state index is 0.280. The Hall–Kier alpha value is -0.130. The highest BCUT2D eigenvalue weighted by Crippen LogP contribution is 2.23. The van der Waals surface area contributed by atoms with E-state index in [1.54, 1.807) is 4.31 Å². The molecule has 0 radical (unpaired) electrons. The topological polar surface area (TPSA) is 49.4 Å². The van der Waals surface area contributed by atoms with E-state index < -0.39 is 10.0 Å². The molecule has 0 amide bonds. The van der Waals surface area contributed by atoms with Crippen molar-refractivity contribution in [2.75, 3.05) is 19.3 Å². The number of rotatable bonds is 3. The number of nitrogens with zero attached hydrogens (tertiary/aromatic N) is 1. The normalized spacial score (nSPS) is 27.2. The van der Waals surface area contributed by atoms with Gasteiger partial charge < -0.3 is 5.32 Å². The molecule has 1 fully saturated rings. The fraction of sp³-hybridized carbons (Fsp3) is 1.00. The molecule has 1 aliphatic heterocycles. The second-order valence-corrected chi connectivity index (χ2v) is 7.72. The van der Waals surface area contributed by atoms with Crippen LogP contribution in [0.3, 0.4) is 0 Å². The maximum atomic E-state index is 11.7. The largest absolute Gasteiger partial charge is 0.311 e. The summed E-state index contributed by atoms with van der Waals surface area (Å²) in [5, 5.41) is 3.44. The summed E-state index contributed by atoms with van der Waals surface area (Å²) in [6.45, 7) is 9.55. The molecule has 16 heavy (non-hydrogen) atoms. The van der Waals surface area contributed by atoms with Gasteiger partial charge in [0.25, 0.3) is 0 Å². The molecule has 5 heteroatoms. The average molecular weight is 248 g/mol. The van der Waals surface area contributed by atoms with E-state index in [-0.39, 0.29) is 11.6 Å². The van der Waals surface area contributed by atoms with Crippen LogP contribution in [0.25, 0.3) is 0 Å². The van der Waals surface area contributed by atoms with E-state index in [0.29, 0.717) is 12.5 Å². The molecule has 0 bridgehead atoms. The molecule has 1 saturated heterocycles. The third-order valence-corrected chi connectivity index (χ3v) is 4.48. The van der Waals surface area contributed by atoms with E-state index in [4.69, 9.17) is 0 Å². The second-order valence-electron chi connectivity index (χ2n) is 5.81. The maximum absolute atomic E-state index is 11.7. The molecule has 4 nitrogen and oxygen atoms in total. The van der Waals surface area contributed by atoms with Gasteiger partial charge in [-0.1, -0.05) is 13.8 Å². The zero-order valence-corrected chi connectivity index (χ0v) is 11.8. The van der Waals surface area contributed by atoms with Crippen LogP contribution in [0.1, 0.15) is 34.1 Å². The minimum atomic E-state index is -3.11. The molecule has 1 atom stereocenters. The summed E-state index contributed by atoms with van der Waals surface area (Å²) in [6.07, 6.45) is 2.31. The van der Waals surface area contributed by atoms with Crippen molar-refractivity contribution in [3.63, 3.8) is 0 Å². The van der Waals surface area contributed by atoms with Gasteiger partial charge in [0.05, 0.1) is 6.26 Å². The highest BCUT2D eigenvalue weighted by Gasteiger charge is 2.39. The van der Waals surface area contributed by atoms with E-state index >= 15 is 0 Å². The third-order valence-electron chi connectivity index (χ3n) is 3.04. The zero-order chi connectivity index (χ0) is 12.6. The summed E-state index contributed by atoms with van der Waals surface area (Å²) >= 11 is 0. The molecule has 1 N–H and O–H groups in total. The average Bonchev–Trinajstić information content (AvgIpc) is 2.05. The molecular formula is C11H24N2O2S. The summed E-state index contributed by atoms with van der Waals surface area (Å²) in [5.41, 5.74) is -0.318. The third kappa shape index (κ3) is 3.43. The van der Waals surface area contributed by atoms with Gasteiger partial charge in [0.15, 0.2) is 0 Å². The summed E-state index contributed by atoms with van der Waals surface area (Å²) in [7, 11) is -3.11. The van der Waals surface area contributed by atoms with Crippen molar-refractivity contribution < 1.29 is 8.42 Å². The van der Waals surface area contributed by atoms with Crippen molar-refractivity contribution >= 4 is 10.0 Å². The fourth-order valence-electron chi connectivity index (χ4n) is 2.31. The summed E-state index contributed by atoms with van der Waals surface area (Å²) < 4.78 is 25.1. The SMILES string of the molecule is CC(C)CC1CN(S(C)(=O)=O)C(C)(C)CN1. The smallest absolute Gasteiger partial charge is 0.211 e. The molecule has 0 aromatic carbocycles. The number of piperazine rings is 1. The molecule has 0 aromatic rings. The quantitative estimate of drug-likeness (QED) is 0.812. The van der Waals surface area contributed by atoms with Gasteiger partial charge in [0.2, 0.25) is 10.0 Å². The lowest BCUT2D eigenvalue weighted by Crippen LogP contribution is -2.63. The van der Waals surface area contributed by atoms with Gasteiger partial charge >= 0.3 is 0 Å². The van der Waals surface area contributed by atoms with E-state index in [0.717, 1.165) is 13.0 Å². The standard InChI is InChI=1S/C11H24N2O2S/c1-9(2)6-10-7-13(16(5,14)15)11(3,4)8-12-10/h9-10,12H,6-8H2,1-5H3. The Balaban J connectivity index is 2.79. The first-order chi connectivity index (χ1) is 7.13. The molecule has 0 aliphatic carbocycles. The van der Waals surface area contributed by atoms with Crippen molar-refractivity contribution in [3.05, 3.63) is 0 Å². The van der Waals surface area contributed by atoms with E-state index in [1.165, 1.54) is 6.26 Å². The monoisotopic (exact) mass is 248 g/mol. The predicted molar refractivity (Wildman–Crippen MR) is 66.9 cm³/mol. The number of nitrogens with one attached hydrogen (secondary N) is 1. The van der Waals surface area contributed by atoms with Crippen LogP contribution in [0, 0.1) is 5.92 Å². The summed E-state index contributed by atoms with van der Waals surface area (Å²) in [4.78, 5) is 0. The number of sulfonamides is 1. The second kappa shape index (κ2) is 4.63. The van der Waals surface area contributed by atoms with Gasteiger partial charge in [-0.15, -0.1) is 0 Å².